The molecule has 2 rings (SSSR count). The first-order valence-electron chi connectivity index (χ1n) is 6.75. The van der Waals surface area contributed by atoms with Crippen molar-refractivity contribution in [2.24, 2.45) is 0 Å². The van der Waals surface area contributed by atoms with Crippen LogP contribution in [0.15, 0.2) is 36.4 Å². The predicted molar refractivity (Wildman–Crippen MR) is 84.3 cm³/mol. The number of phenolic OH excluding ortho intramolecular Hbond substituents is 1. The summed E-state index contributed by atoms with van der Waals surface area (Å²) in [4.78, 5) is 0. The van der Waals surface area contributed by atoms with Crippen molar-refractivity contribution in [2.45, 2.75) is 33.4 Å². The number of hydrogen-bond acceptors (Lipinski definition) is 2. The van der Waals surface area contributed by atoms with Crippen molar-refractivity contribution in [1.82, 2.24) is 5.32 Å². The fourth-order valence-corrected chi connectivity index (χ4v) is 2.41. The van der Waals surface area contributed by atoms with Gasteiger partial charge >= 0.3 is 0 Å². The van der Waals surface area contributed by atoms with Crippen LogP contribution in [0.4, 0.5) is 0 Å². The van der Waals surface area contributed by atoms with Crippen LogP contribution in [0.3, 0.4) is 0 Å². The summed E-state index contributed by atoms with van der Waals surface area (Å²) in [6, 6.07) is 12.2. The first kappa shape index (κ1) is 14.9. The topological polar surface area (TPSA) is 32.3 Å². The normalized spacial score (nSPS) is 12.4. The molecule has 0 saturated heterocycles. The van der Waals surface area contributed by atoms with E-state index in [1.165, 1.54) is 11.1 Å². The van der Waals surface area contributed by atoms with Gasteiger partial charge in [-0.15, -0.1) is 0 Å². The zero-order valence-electron chi connectivity index (χ0n) is 12.1. The molecule has 106 valence electrons. The van der Waals surface area contributed by atoms with E-state index in [0.717, 1.165) is 22.7 Å². The van der Waals surface area contributed by atoms with Crippen molar-refractivity contribution in [3.8, 4) is 5.75 Å². The van der Waals surface area contributed by atoms with E-state index in [2.05, 4.69) is 12.2 Å². The third kappa shape index (κ3) is 3.53. The lowest BCUT2D eigenvalue weighted by atomic mass is 10.0. The first-order chi connectivity index (χ1) is 9.47. The molecule has 0 bridgehead atoms. The molecule has 0 amide bonds. The molecule has 3 heteroatoms. The monoisotopic (exact) mass is 289 g/mol. The molecular formula is C17H20ClNO. The molecule has 20 heavy (non-hydrogen) atoms. The molecule has 0 aliphatic heterocycles. The largest absolute Gasteiger partial charge is 0.507 e. The predicted octanol–water partition coefficient (Wildman–Crippen LogP) is 4.51. The quantitative estimate of drug-likeness (QED) is 0.868. The van der Waals surface area contributed by atoms with Crippen LogP contribution < -0.4 is 5.32 Å². The summed E-state index contributed by atoms with van der Waals surface area (Å²) in [6.07, 6.45) is 0. The molecule has 0 spiro atoms. The zero-order valence-corrected chi connectivity index (χ0v) is 12.8. The number of halogens is 1. The van der Waals surface area contributed by atoms with Gasteiger partial charge in [-0.1, -0.05) is 35.9 Å². The Bertz CT molecular complexity index is 569. The van der Waals surface area contributed by atoms with Gasteiger partial charge in [0.2, 0.25) is 0 Å². The van der Waals surface area contributed by atoms with E-state index in [9.17, 15) is 5.11 Å². The number of aryl methyl sites for hydroxylation is 2. The third-order valence-electron chi connectivity index (χ3n) is 3.53. The van der Waals surface area contributed by atoms with Crippen LogP contribution in [0.1, 0.15) is 35.2 Å². The lowest BCUT2D eigenvalue weighted by molar-refractivity contribution is 0.466. The van der Waals surface area contributed by atoms with E-state index < -0.39 is 0 Å². The van der Waals surface area contributed by atoms with Crippen LogP contribution in [-0.2, 0) is 6.54 Å². The number of hydrogen-bond donors (Lipinski definition) is 2. The Kier molecular flexibility index (Phi) is 4.69. The van der Waals surface area contributed by atoms with Gasteiger partial charge in [0.25, 0.3) is 0 Å². The highest BCUT2D eigenvalue weighted by molar-refractivity contribution is 6.30. The van der Waals surface area contributed by atoms with Crippen LogP contribution in [0, 0.1) is 13.8 Å². The van der Waals surface area contributed by atoms with Crippen LogP contribution in [0.5, 0.6) is 5.75 Å². The van der Waals surface area contributed by atoms with E-state index in [-0.39, 0.29) is 6.04 Å². The second-order valence-corrected chi connectivity index (χ2v) is 5.67. The Morgan fingerprint density at radius 3 is 2.20 bits per heavy atom. The molecule has 0 fully saturated rings. The van der Waals surface area contributed by atoms with Gasteiger partial charge in [0.15, 0.2) is 0 Å². The van der Waals surface area contributed by atoms with Crippen molar-refractivity contribution >= 4 is 11.6 Å². The molecule has 0 radical (unpaired) electrons. The molecule has 1 atom stereocenters. The van der Waals surface area contributed by atoms with Gasteiger partial charge in [-0.3, -0.25) is 0 Å². The van der Waals surface area contributed by atoms with Crippen molar-refractivity contribution in [2.75, 3.05) is 0 Å². The SMILES string of the molecule is Cc1cc(CNC(C)c2ccc(Cl)cc2)cc(C)c1O. The van der Waals surface area contributed by atoms with E-state index >= 15 is 0 Å². The minimum absolute atomic E-state index is 0.252. The molecule has 2 aromatic rings. The Labute approximate surface area is 125 Å². The fourth-order valence-electron chi connectivity index (χ4n) is 2.29. The highest BCUT2D eigenvalue weighted by Gasteiger charge is 2.07. The lowest BCUT2D eigenvalue weighted by Crippen LogP contribution is -2.18. The van der Waals surface area contributed by atoms with Crippen LogP contribution in [0.2, 0.25) is 5.02 Å². The number of rotatable bonds is 4. The average molecular weight is 290 g/mol. The Morgan fingerprint density at radius 1 is 1.10 bits per heavy atom. The van der Waals surface area contributed by atoms with Crippen LogP contribution >= 0.6 is 11.6 Å². The third-order valence-corrected chi connectivity index (χ3v) is 3.79. The average Bonchev–Trinajstić information content (AvgIpc) is 2.42. The number of phenols is 1. The first-order valence-corrected chi connectivity index (χ1v) is 7.13. The van der Waals surface area contributed by atoms with Crippen molar-refractivity contribution in [3.05, 3.63) is 63.7 Å². The molecule has 2 aromatic carbocycles. The Morgan fingerprint density at radius 2 is 1.65 bits per heavy atom. The van der Waals surface area contributed by atoms with E-state index in [1.807, 2.05) is 50.2 Å². The smallest absolute Gasteiger partial charge is 0.121 e. The summed E-state index contributed by atoms with van der Waals surface area (Å²) in [5.74, 6) is 0.388. The van der Waals surface area contributed by atoms with Gasteiger partial charge in [0, 0.05) is 17.6 Å². The fraction of sp³-hybridized carbons (Fsp3) is 0.294. The second-order valence-electron chi connectivity index (χ2n) is 5.23. The summed E-state index contributed by atoms with van der Waals surface area (Å²) < 4.78 is 0. The van der Waals surface area contributed by atoms with Gasteiger partial charge in [0.05, 0.1) is 0 Å². The molecular weight excluding hydrogens is 270 g/mol. The zero-order chi connectivity index (χ0) is 14.7. The maximum absolute atomic E-state index is 9.78. The van der Waals surface area contributed by atoms with Gasteiger partial charge in [-0.25, -0.2) is 0 Å². The molecule has 0 aliphatic rings. The van der Waals surface area contributed by atoms with Gasteiger partial charge in [-0.05, 0) is 55.2 Å². The van der Waals surface area contributed by atoms with E-state index in [0.29, 0.717) is 5.75 Å². The molecule has 0 aromatic heterocycles. The minimum Gasteiger partial charge on any atom is -0.507 e. The summed E-state index contributed by atoms with van der Waals surface area (Å²) in [6.45, 7) is 6.75. The van der Waals surface area contributed by atoms with Gasteiger partial charge in [-0.2, -0.15) is 0 Å². The van der Waals surface area contributed by atoms with E-state index in [1.54, 1.807) is 0 Å². The standard InChI is InChI=1S/C17H20ClNO/c1-11-8-14(9-12(2)17(11)20)10-19-13(3)15-4-6-16(18)7-5-15/h4-9,13,19-20H,10H2,1-3H3. The molecule has 0 heterocycles. The number of benzene rings is 2. The lowest BCUT2D eigenvalue weighted by Gasteiger charge is -2.15. The van der Waals surface area contributed by atoms with Crippen molar-refractivity contribution < 1.29 is 5.11 Å². The molecule has 2 N–H and O–H groups in total. The summed E-state index contributed by atoms with van der Waals surface area (Å²) in [7, 11) is 0. The van der Waals surface area contributed by atoms with Crippen LogP contribution in [-0.4, -0.2) is 5.11 Å². The van der Waals surface area contributed by atoms with Crippen molar-refractivity contribution in [1.29, 1.82) is 0 Å². The highest BCUT2D eigenvalue weighted by Crippen LogP contribution is 2.23. The van der Waals surface area contributed by atoms with Gasteiger partial charge in [0.1, 0.15) is 5.75 Å². The molecule has 0 aliphatic carbocycles. The maximum Gasteiger partial charge on any atom is 0.121 e. The Balaban J connectivity index is 2.03. The van der Waals surface area contributed by atoms with E-state index in [4.69, 9.17) is 11.6 Å². The maximum atomic E-state index is 9.78. The molecule has 2 nitrogen and oxygen atoms in total. The van der Waals surface area contributed by atoms with Gasteiger partial charge < -0.3 is 10.4 Å². The number of aromatic hydroxyl groups is 1. The summed E-state index contributed by atoms with van der Waals surface area (Å²) in [5.41, 5.74) is 4.22. The molecule has 0 saturated carbocycles. The molecule has 1 unspecified atom stereocenters. The Hall–Kier alpha value is -1.51. The van der Waals surface area contributed by atoms with Crippen LogP contribution in [0.25, 0.3) is 0 Å². The second kappa shape index (κ2) is 6.29. The summed E-state index contributed by atoms with van der Waals surface area (Å²) >= 11 is 5.89. The van der Waals surface area contributed by atoms with Crippen molar-refractivity contribution in [3.63, 3.8) is 0 Å². The summed E-state index contributed by atoms with van der Waals surface area (Å²) in [5, 5.41) is 14.0. The number of nitrogens with one attached hydrogen (secondary N) is 1. The highest BCUT2D eigenvalue weighted by atomic mass is 35.5. The minimum atomic E-state index is 0.252.